The molecule has 58 valence electrons. The molecule has 1 N–H and O–H groups in total. The van der Waals surface area contributed by atoms with Crippen LogP contribution in [0.2, 0.25) is 0 Å². The summed E-state index contributed by atoms with van der Waals surface area (Å²) in [5.41, 5.74) is -0.338. The molecule has 0 saturated heterocycles. The Bertz CT molecular complexity index is 266. The van der Waals surface area contributed by atoms with Crippen molar-refractivity contribution in [3.8, 4) is 0 Å². The molecule has 0 atom stereocenters. The van der Waals surface area contributed by atoms with E-state index in [0.717, 1.165) is 12.1 Å². The molecular weight excluding hydrogens is 152 g/mol. The van der Waals surface area contributed by atoms with Crippen LogP contribution in [0.5, 0.6) is 0 Å². The van der Waals surface area contributed by atoms with Gasteiger partial charge in [0, 0.05) is 0 Å². The third kappa shape index (κ3) is 1.52. The van der Waals surface area contributed by atoms with Gasteiger partial charge in [-0.05, 0) is 12.1 Å². The average molecular weight is 157 g/mol. The average Bonchev–Trinajstić information content (AvgIpc) is 1.97. The van der Waals surface area contributed by atoms with Crippen LogP contribution in [-0.4, -0.2) is 11.4 Å². The van der Waals surface area contributed by atoms with Gasteiger partial charge in [-0.25, -0.2) is 8.78 Å². The van der Waals surface area contributed by atoms with Gasteiger partial charge in [-0.2, -0.15) is 0 Å². The number of rotatable bonds is 1. The molecule has 0 amide bonds. The molecular formula is C7H5F2NO. The van der Waals surface area contributed by atoms with Crippen LogP contribution in [0, 0.1) is 11.6 Å². The van der Waals surface area contributed by atoms with Crippen molar-refractivity contribution in [1.29, 1.82) is 0 Å². The minimum atomic E-state index is -0.747. The lowest BCUT2D eigenvalue weighted by Crippen LogP contribution is -1.92. The van der Waals surface area contributed by atoms with Crippen molar-refractivity contribution in [3.63, 3.8) is 0 Å². The number of benzene rings is 1. The van der Waals surface area contributed by atoms with Crippen molar-refractivity contribution in [3.05, 3.63) is 35.4 Å². The number of hydrogen-bond donors (Lipinski definition) is 1. The van der Waals surface area contributed by atoms with Crippen molar-refractivity contribution in [2.75, 3.05) is 0 Å². The first kappa shape index (κ1) is 7.65. The number of oxime groups is 1. The largest absolute Gasteiger partial charge is 0.411 e. The zero-order valence-electron chi connectivity index (χ0n) is 5.46. The van der Waals surface area contributed by atoms with E-state index < -0.39 is 11.6 Å². The van der Waals surface area contributed by atoms with E-state index in [0.29, 0.717) is 6.21 Å². The summed E-state index contributed by atoms with van der Waals surface area (Å²) < 4.78 is 25.2. The topological polar surface area (TPSA) is 32.6 Å². The molecule has 1 rings (SSSR count). The highest BCUT2D eigenvalue weighted by Gasteiger charge is 2.04. The van der Waals surface area contributed by atoms with Gasteiger partial charge in [-0.1, -0.05) is 11.2 Å². The number of hydrogen-bond acceptors (Lipinski definition) is 2. The van der Waals surface area contributed by atoms with Crippen LogP contribution in [0.1, 0.15) is 5.56 Å². The summed E-state index contributed by atoms with van der Waals surface area (Å²) in [5, 5.41) is 10.5. The monoisotopic (exact) mass is 157 g/mol. The van der Waals surface area contributed by atoms with E-state index in [9.17, 15) is 8.78 Å². The summed E-state index contributed by atoms with van der Waals surface area (Å²) in [4.78, 5) is 0. The van der Waals surface area contributed by atoms with Crippen LogP contribution in [0.3, 0.4) is 0 Å². The molecule has 1 aromatic rings. The van der Waals surface area contributed by atoms with Crippen LogP contribution in [0.15, 0.2) is 23.4 Å². The van der Waals surface area contributed by atoms with Crippen LogP contribution in [0.25, 0.3) is 0 Å². The minimum absolute atomic E-state index is 0.338. The molecule has 0 unspecified atom stereocenters. The molecule has 2 nitrogen and oxygen atoms in total. The molecule has 0 aromatic heterocycles. The Morgan fingerprint density at radius 2 is 1.82 bits per heavy atom. The summed E-state index contributed by atoms with van der Waals surface area (Å²) in [5.74, 6) is -1.49. The van der Waals surface area contributed by atoms with Gasteiger partial charge in [0.05, 0.1) is 11.8 Å². The Labute approximate surface area is 61.8 Å². The molecule has 0 radical (unpaired) electrons. The van der Waals surface area contributed by atoms with Gasteiger partial charge < -0.3 is 5.21 Å². The molecule has 0 aliphatic carbocycles. The third-order valence-corrected chi connectivity index (χ3v) is 1.19. The number of halogens is 2. The van der Waals surface area contributed by atoms with E-state index in [1.807, 2.05) is 0 Å². The van der Waals surface area contributed by atoms with Gasteiger partial charge in [0.15, 0.2) is 0 Å². The Hall–Kier alpha value is -1.45. The smallest absolute Gasteiger partial charge is 0.135 e. The second-order valence-electron chi connectivity index (χ2n) is 1.88. The maximum Gasteiger partial charge on any atom is 0.135 e. The van der Waals surface area contributed by atoms with Gasteiger partial charge in [0.2, 0.25) is 0 Å². The Morgan fingerprint density at radius 1 is 1.27 bits per heavy atom. The quantitative estimate of drug-likeness (QED) is 0.376. The van der Waals surface area contributed by atoms with E-state index in [1.165, 1.54) is 6.07 Å². The van der Waals surface area contributed by atoms with E-state index in [-0.39, 0.29) is 5.56 Å². The summed E-state index contributed by atoms with van der Waals surface area (Å²) in [6.45, 7) is 0. The van der Waals surface area contributed by atoms with Gasteiger partial charge >= 0.3 is 0 Å². The normalized spacial score (nSPS) is 10.7. The fourth-order valence-electron chi connectivity index (χ4n) is 0.692. The maximum atomic E-state index is 12.6. The molecule has 0 saturated carbocycles. The molecule has 0 aliphatic heterocycles. The standard InChI is InChI=1S/C7H5F2NO/c8-6-2-1-3-7(9)5(6)4-10-11/h1-4,11H/b10-4-. The maximum absolute atomic E-state index is 12.6. The summed E-state index contributed by atoms with van der Waals surface area (Å²) >= 11 is 0. The molecule has 4 heteroatoms. The van der Waals surface area contributed by atoms with Crippen molar-refractivity contribution >= 4 is 6.21 Å². The van der Waals surface area contributed by atoms with Crippen LogP contribution in [0.4, 0.5) is 8.78 Å². The summed E-state index contributed by atoms with van der Waals surface area (Å²) in [6.07, 6.45) is 0.713. The summed E-state index contributed by atoms with van der Waals surface area (Å²) in [6, 6.07) is 3.40. The molecule has 1 aromatic carbocycles. The number of nitrogens with zero attached hydrogens (tertiary/aromatic N) is 1. The Balaban J connectivity index is 3.20. The fraction of sp³-hybridized carbons (Fsp3) is 0. The lowest BCUT2D eigenvalue weighted by Gasteiger charge is -1.95. The van der Waals surface area contributed by atoms with Crippen molar-refractivity contribution in [2.24, 2.45) is 5.16 Å². The predicted octanol–water partition coefficient (Wildman–Crippen LogP) is 1.77. The Kier molecular flexibility index (Phi) is 2.15. The molecule has 11 heavy (non-hydrogen) atoms. The lowest BCUT2D eigenvalue weighted by molar-refractivity contribution is 0.321. The zero-order chi connectivity index (χ0) is 8.27. The molecule has 0 bridgehead atoms. The molecule has 0 heterocycles. The highest BCUT2D eigenvalue weighted by molar-refractivity contribution is 5.79. The second-order valence-corrected chi connectivity index (χ2v) is 1.88. The van der Waals surface area contributed by atoms with E-state index in [1.54, 1.807) is 0 Å². The molecule has 0 spiro atoms. The Morgan fingerprint density at radius 3 is 2.27 bits per heavy atom. The van der Waals surface area contributed by atoms with E-state index >= 15 is 0 Å². The van der Waals surface area contributed by atoms with Gasteiger partial charge in [0.1, 0.15) is 11.6 Å². The molecule has 0 aliphatic rings. The van der Waals surface area contributed by atoms with Crippen molar-refractivity contribution < 1.29 is 14.0 Å². The van der Waals surface area contributed by atoms with Crippen molar-refractivity contribution in [2.45, 2.75) is 0 Å². The fourth-order valence-corrected chi connectivity index (χ4v) is 0.692. The third-order valence-electron chi connectivity index (χ3n) is 1.19. The first-order chi connectivity index (χ1) is 5.25. The molecule has 0 fully saturated rings. The van der Waals surface area contributed by atoms with Gasteiger partial charge in [-0.15, -0.1) is 0 Å². The van der Waals surface area contributed by atoms with E-state index in [2.05, 4.69) is 5.16 Å². The van der Waals surface area contributed by atoms with Crippen LogP contribution >= 0.6 is 0 Å². The van der Waals surface area contributed by atoms with Gasteiger partial charge in [-0.3, -0.25) is 0 Å². The SMILES string of the molecule is O/N=C\c1c(F)cccc1F. The highest BCUT2D eigenvalue weighted by atomic mass is 19.1. The first-order valence-electron chi connectivity index (χ1n) is 2.87. The predicted molar refractivity (Wildman–Crippen MR) is 35.7 cm³/mol. The van der Waals surface area contributed by atoms with Crippen molar-refractivity contribution in [1.82, 2.24) is 0 Å². The van der Waals surface area contributed by atoms with Crippen LogP contribution < -0.4 is 0 Å². The first-order valence-corrected chi connectivity index (χ1v) is 2.87. The lowest BCUT2D eigenvalue weighted by atomic mass is 10.2. The highest BCUT2D eigenvalue weighted by Crippen LogP contribution is 2.08. The second kappa shape index (κ2) is 3.09. The van der Waals surface area contributed by atoms with E-state index in [4.69, 9.17) is 5.21 Å². The van der Waals surface area contributed by atoms with Gasteiger partial charge in [0.25, 0.3) is 0 Å². The van der Waals surface area contributed by atoms with Crippen LogP contribution in [-0.2, 0) is 0 Å². The zero-order valence-corrected chi connectivity index (χ0v) is 5.46. The summed E-state index contributed by atoms with van der Waals surface area (Å²) in [7, 11) is 0. The minimum Gasteiger partial charge on any atom is -0.411 e.